The second-order valence-electron chi connectivity index (χ2n) is 2.23. The van der Waals surface area contributed by atoms with Gasteiger partial charge in [-0.3, -0.25) is 0 Å². The molecule has 0 bridgehead atoms. The third-order valence-electron chi connectivity index (χ3n) is 1.32. The molecule has 1 heterocycles. The first-order valence-electron chi connectivity index (χ1n) is 3.61. The van der Waals surface area contributed by atoms with Crippen LogP contribution < -0.4 is 5.73 Å². The Balaban J connectivity index is 2.51. The van der Waals surface area contributed by atoms with E-state index in [1.54, 1.807) is 11.3 Å². The number of hydrogen-bond donors (Lipinski definition) is 2. The van der Waals surface area contributed by atoms with E-state index in [1.807, 2.05) is 6.20 Å². The number of aliphatic hydroxyl groups excluding tert-OH is 1. The van der Waals surface area contributed by atoms with E-state index in [1.165, 1.54) is 4.88 Å². The Labute approximate surface area is 69.9 Å². The van der Waals surface area contributed by atoms with Crippen molar-refractivity contribution in [3.63, 3.8) is 0 Å². The van der Waals surface area contributed by atoms with Crippen molar-refractivity contribution in [2.75, 3.05) is 13.2 Å². The Hall–Kier alpha value is -0.450. The molecule has 1 rings (SSSR count). The Bertz CT molecular complexity index is 191. The minimum absolute atomic E-state index is 0.176. The fourth-order valence-corrected chi connectivity index (χ4v) is 1.74. The average molecular weight is 172 g/mol. The van der Waals surface area contributed by atoms with Gasteiger partial charge in [-0.25, -0.2) is 4.98 Å². The van der Waals surface area contributed by atoms with Gasteiger partial charge in [-0.1, -0.05) is 0 Å². The molecule has 1 aromatic heterocycles. The molecule has 0 aliphatic heterocycles. The van der Waals surface area contributed by atoms with E-state index in [4.69, 9.17) is 10.8 Å². The third-order valence-corrected chi connectivity index (χ3v) is 2.43. The molecule has 4 heteroatoms. The van der Waals surface area contributed by atoms with Crippen LogP contribution in [0.4, 0.5) is 0 Å². The summed E-state index contributed by atoms with van der Waals surface area (Å²) in [5, 5.41) is 9.60. The Kier molecular flexibility index (Phi) is 3.48. The lowest BCUT2D eigenvalue weighted by Gasteiger charge is -1.88. The molecular formula is C7H12N2OS. The zero-order chi connectivity index (χ0) is 8.10. The second kappa shape index (κ2) is 4.43. The van der Waals surface area contributed by atoms with Crippen molar-refractivity contribution >= 4 is 11.3 Å². The van der Waals surface area contributed by atoms with Gasteiger partial charge < -0.3 is 10.8 Å². The zero-order valence-corrected chi connectivity index (χ0v) is 7.10. The van der Waals surface area contributed by atoms with Crippen molar-refractivity contribution in [2.24, 2.45) is 5.73 Å². The van der Waals surface area contributed by atoms with E-state index in [-0.39, 0.29) is 6.61 Å². The van der Waals surface area contributed by atoms with Gasteiger partial charge in [-0.15, -0.1) is 11.3 Å². The van der Waals surface area contributed by atoms with Crippen molar-refractivity contribution in [1.29, 1.82) is 0 Å². The minimum Gasteiger partial charge on any atom is -0.396 e. The molecule has 0 saturated heterocycles. The first-order valence-corrected chi connectivity index (χ1v) is 4.43. The highest BCUT2D eigenvalue weighted by Crippen LogP contribution is 2.12. The van der Waals surface area contributed by atoms with E-state index < -0.39 is 0 Å². The number of aliphatic hydroxyl groups is 1. The highest BCUT2D eigenvalue weighted by molar-refractivity contribution is 7.11. The largest absolute Gasteiger partial charge is 0.396 e. The highest BCUT2D eigenvalue weighted by atomic mass is 32.1. The summed E-state index contributed by atoms with van der Waals surface area (Å²) in [6.45, 7) is 0.844. The predicted octanol–water partition coefficient (Wildman–Crippen LogP) is 0.179. The lowest BCUT2D eigenvalue weighted by Crippen LogP contribution is -2.00. The first-order chi connectivity index (χ1) is 5.36. The van der Waals surface area contributed by atoms with Gasteiger partial charge in [-0.2, -0.15) is 0 Å². The number of aromatic nitrogens is 1. The summed E-state index contributed by atoms with van der Waals surface area (Å²) >= 11 is 1.63. The van der Waals surface area contributed by atoms with Crippen LogP contribution in [0.15, 0.2) is 6.20 Å². The van der Waals surface area contributed by atoms with Crippen LogP contribution in [0.25, 0.3) is 0 Å². The van der Waals surface area contributed by atoms with Gasteiger partial charge in [-0.05, 0) is 13.0 Å². The van der Waals surface area contributed by atoms with E-state index >= 15 is 0 Å². The van der Waals surface area contributed by atoms with Gasteiger partial charge in [0.1, 0.15) is 0 Å². The fourth-order valence-electron chi connectivity index (χ4n) is 0.817. The topological polar surface area (TPSA) is 59.1 Å². The number of hydrogen-bond acceptors (Lipinski definition) is 4. The molecule has 0 unspecified atom stereocenters. The molecule has 0 radical (unpaired) electrons. The molecule has 0 aliphatic carbocycles. The Morgan fingerprint density at radius 3 is 3.00 bits per heavy atom. The molecule has 0 atom stereocenters. The molecule has 0 aliphatic rings. The summed E-state index contributed by atoms with van der Waals surface area (Å²) in [4.78, 5) is 5.33. The minimum atomic E-state index is 0.176. The summed E-state index contributed by atoms with van der Waals surface area (Å²) in [5.41, 5.74) is 5.37. The van der Waals surface area contributed by atoms with Crippen molar-refractivity contribution < 1.29 is 5.11 Å². The highest BCUT2D eigenvalue weighted by Gasteiger charge is 1.99. The van der Waals surface area contributed by atoms with Crippen LogP contribution >= 0.6 is 11.3 Å². The zero-order valence-electron chi connectivity index (χ0n) is 6.29. The number of rotatable bonds is 4. The number of thiazole rings is 1. The van der Waals surface area contributed by atoms with Crippen LogP contribution in [0.5, 0.6) is 0 Å². The SMILES string of the molecule is NCCc1cnc(CCO)s1. The van der Waals surface area contributed by atoms with Crippen molar-refractivity contribution in [3.8, 4) is 0 Å². The van der Waals surface area contributed by atoms with Crippen LogP contribution in [-0.4, -0.2) is 23.2 Å². The van der Waals surface area contributed by atoms with Crippen LogP contribution in [-0.2, 0) is 12.8 Å². The van der Waals surface area contributed by atoms with Crippen molar-refractivity contribution in [2.45, 2.75) is 12.8 Å². The monoisotopic (exact) mass is 172 g/mol. The molecular weight excluding hydrogens is 160 g/mol. The summed E-state index contributed by atoms with van der Waals surface area (Å²) in [6.07, 6.45) is 3.39. The Morgan fingerprint density at radius 1 is 1.55 bits per heavy atom. The third kappa shape index (κ3) is 2.57. The molecule has 0 aromatic carbocycles. The van der Waals surface area contributed by atoms with Gasteiger partial charge in [0.15, 0.2) is 0 Å². The van der Waals surface area contributed by atoms with Crippen LogP contribution in [0.1, 0.15) is 9.88 Å². The molecule has 0 fully saturated rings. The van der Waals surface area contributed by atoms with Gasteiger partial charge in [0, 0.05) is 24.1 Å². The molecule has 1 aromatic rings. The molecule has 0 amide bonds. The summed E-state index contributed by atoms with van der Waals surface area (Å²) < 4.78 is 0. The van der Waals surface area contributed by atoms with Crippen LogP contribution in [0, 0.1) is 0 Å². The molecule has 62 valence electrons. The van der Waals surface area contributed by atoms with Crippen molar-refractivity contribution in [3.05, 3.63) is 16.1 Å². The normalized spacial score (nSPS) is 10.4. The molecule has 11 heavy (non-hydrogen) atoms. The molecule has 0 saturated carbocycles. The van der Waals surface area contributed by atoms with Crippen LogP contribution in [0.2, 0.25) is 0 Å². The standard InChI is InChI=1S/C7H12N2OS/c8-3-1-6-5-9-7(11-6)2-4-10/h5,10H,1-4,8H2. The summed E-state index contributed by atoms with van der Waals surface area (Å²) in [7, 11) is 0. The lowest BCUT2D eigenvalue weighted by atomic mass is 10.4. The van der Waals surface area contributed by atoms with E-state index in [0.29, 0.717) is 13.0 Å². The molecule has 3 nitrogen and oxygen atoms in total. The maximum Gasteiger partial charge on any atom is 0.0950 e. The van der Waals surface area contributed by atoms with E-state index in [2.05, 4.69) is 4.98 Å². The summed E-state index contributed by atoms with van der Waals surface area (Å²) in [6, 6.07) is 0. The number of nitrogens with two attached hydrogens (primary N) is 1. The fraction of sp³-hybridized carbons (Fsp3) is 0.571. The van der Waals surface area contributed by atoms with Gasteiger partial charge in [0.25, 0.3) is 0 Å². The van der Waals surface area contributed by atoms with Gasteiger partial charge in [0.2, 0.25) is 0 Å². The van der Waals surface area contributed by atoms with Gasteiger partial charge in [0.05, 0.1) is 5.01 Å². The maximum absolute atomic E-state index is 8.60. The van der Waals surface area contributed by atoms with Gasteiger partial charge >= 0.3 is 0 Å². The van der Waals surface area contributed by atoms with Crippen LogP contribution in [0.3, 0.4) is 0 Å². The summed E-state index contributed by atoms with van der Waals surface area (Å²) in [5.74, 6) is 0. The lowest BCUT2D eigenvalue weighted by molar-refractivity contribution is 0.299. The second-order valence-corrected chi connectivity index (χ2v) is 3.43. The number of nitrogens with zero attached hydrogens (tertiary/aromatic N) is 1. The quantitative estimate of drug-likeness (QED) is 0.681. The Morgan fingerprint density at radius 2 is 2.36 bits per heavy atom. The molecule has 0 spiro atoms. The van der Waals surface area contributed by atoms with E-state index in [9.17, 15) is 0 Å². The molecule has 3 N–H and O–H groups in total. The first kappa shape index (κ1) is 8.64. The maximum atomic E-state index is 8.60. The van der Waals surface area contributed by atoms with Crippen molar-refractivity contribution in [1.82, 2.24) is 4.98 Å². The van der Waals surface area contributed by atoms with E-state index in [0.717, 1.165) is 11.4 Å². The average Bonchev–Trinajstić information content (AvgIpc) is 2.38. The smallest absolute Gasteiger partial charge is 0.0950 e. The predicted molar refractivity (Wildman–Crippen MR) is 45.7 cm³/mol.